The van der Waals surface area contributed by atoms with E-state index in [9.17, 15) is 19.8 Å². The molecule has 0 bridgehead atoms. The van der Waals surface area contributed by atoms with Crippen molar-refractivity contribution in [3.8, 4) is 28.2 Å². The van der Waals surface area contributed by atoms with E-state index in [2.05, 4.69) is 15.3 Å². The normalized spacial score (nSPS) is 10.8. The summed E-state index contributed by atoms with van der Waals surface area (Å²) in [5.41, 5.74) is 10.4. The minimum atomic E-state index is -1.14. The molecular formula is C26H22N4O6S. The number of carbonyl (C=O) groups is 1. The lowest BCUT2D eigenvalue weighted by Gasteiger charge is -2.17. The Labute approximate surface area is 216 Å². The number of anilines is 1. The molecule has 10 nitrogen and oxygen atoms in total. The highest BCUT2D eigenvalue weighted by atomic mass is 32.1. The van der Waals surface area contributed by atoms with Crippen molar-refractivity contribution in [3.63, 3.8) is 0 Å². The molecule has 4 rings (SSSR count). The number of aromatic hydroxyl groups is 1. The quantitative estimate of drug-likeness (QED) is 0.0592. The van der Waals surface area contributed by atoms with Gasteiger partial charge in [-0.1, -0.05) is 23.4 Å². The van der Waals surface area contributed by atoms with E-state index in [-0.39, 0.29) is 29.0 Å². The Morgan fingerprint density at radius 1 is 1.11 bits per heavy atom. The number of benzene rings is 3. The van der Waals surface area contributed by atoms with Gasteiger partial charge in [0.05, 0.1) is 17.2 Å². The SMILES string of the molecule is [N-]=[N+]=NCCOCCCC(=S)Nc1ccc(-c2c3ccc(=O)cc-3oc3cc(O)ccc23)c(C(=O)O)c1. The van der Waals surface area contributed by atoms with Gasteiger partial charge >= 0.3 is 5.97 Å². The number of phenolic OH excluding ortho intramolecular Hbond substituents is 1. The number of ether oxygens (including phenoxy) is 1. The Morgan fingerprint density at radius 2 is 1.92 bits per heavy atom. The molecule has 0 saturated carbocycles. The van der Waals surface area contributed by atoms with Crippen LogP contribution in [-0.2, 0) is 4.74 Å². The van der Waals surface area contributed by atoms with Crippen molar-refractivity contribution in [2.45, 2.75) is 12.8 Å². The highest BCUT2D eigenvalue weighted by Gasteiger charge is 2.22. The molecule has 37 heavy (non-hydrogen) atoms. The van der Waals surface area contributed by atoms with E-state index in [0.717, 1.165) is 0 Å². The highest BCUT2D eigenvalue weighted by Crippen LogP contribution is 2.42. The Kier molecular flexibility index (Phi) is 7.99. The van der Waals surface area contributed by atoms with Gasteiger partial charge < -0.3 is 24.7 Å². The van der Waals surface area contributed by atoms with Crippen molar-refractivity contribution < 1.29 is 24.2 Å². The van der Waals surface area contributed by atoms with E-state index in [4.69, 9.17) is 26.9 Å². The van der Waals surface area contributed by atoms with E-state index in [1.54, 1.807) is 24.3 Å². The molecule has 11 heteroatoms. The van der Waals surface area contributed by atoms with Crippen LogP contribution in [0.4, 0.5) is 5.69 Å². The maximum absolute atomic E-state index is 12.3. The van der Waals surface area contributed by atoms with Crippen LogP contribution >= 0.6 is 12.2 Å². The fourth-order valence-electron chi connectivity index (χ4n) is 3.98. The molecule has 0 atom stereocenters. The fraction of sp³-hybridized carbons (Fsp3) is 0.192. The van der Waals surface area contributed by atoms with Crippen LogP contribution in [0.1, 0.15) is 23.2 Å². The number of carboxylic acids is 1. The zero-order chi connectivity index (χ0) is 26.4. The lowest BCUT2D eigenvalue weighted by atomic mass is 9.90. The monoisotopic (exact) mass is 518 g/mol. The van der Waals surface area contributed by atoms with Gasteiger partial charge in [0.1, 0.15) is 17.1 Å². The predicted molar refractivity (Wildman–Crippen MR) is 143 cm³/mol. The smallest absolute Gasteiger partial charge is 0.336 e. The molecule has 0 saturated heterocycles. The van der Waals surface area contributed by atoms with E-state index >= 15 is 0 Å². The average molecular weight is 519 g/mol. The van der Waals surface area contributed by atoms with Crippen molar-refractivity contribution in [3.05, 3.63) is 80.8 Å². The van der Waals surface area contributed by atoms with Crippen molar-refractivity contribution in [1.29, 1.82) is 0 Å². The standard InChI is InChI=1S/C26H22N4O6S/c27-30-28-9-11-35-10-1-2-24(37)29-15-3-6-18(21(12-15)26(33)34)25-19-7-4-16(31)13-22(19)36-23-14-17(32)5-8-20(23)25/h3-8,12-14,31H,1-2,9-11H2,(H,29,37)(H,33,34). The predicted octanol–water partition coefficient (Wildman–Crippen LogP) is 5.82. The Balaban J connectivity index is 1.64. The van der Waals surface area contributed by atoms with Crippen molar-refractivity contribution in [2.24, 2.45) is 5.11 Å². The molecule has 3 N–H and O–H groups in total. The minimum Gasteiger partial charge on any atom is -0.508 e. The number of rotatable bonds is 10. The number of nitrogens with zero attached hydrogens (tertiary/aromatic N) is 3. The van der Waals surface area contributed by atoms with Crippen LogP contribution < -0.4 is 10.7 Å². The molecule has 0 unspecified atom stereocenters. The molecule has 2 aromatic rings. The molecule has 2 aliphatic rings. The van der Waals surface area contributed by atoms with Gasteiger partial charge in [-0.05, 0) is 53.9 Å². The number of nitrogens with one attached hydrogen (secondary N) is 1. The second-order valence-corrected chi connectivity index (χ2v) is 8.59. The van der Waals surface area contributed by atoms with Crippen LogP contribution in [0.5, 0.6) is 5.75 Å². The van der Waals surface area contributed by atoms with Crippen molar-refractivity contribution >= 4 is 39.8 Å². The summed E-state index contributed by atoms with van der Waals surface area (Å²) < 4.78 is 11.2. The number of hydrogen-bond acceptors (Lipinski definition) is 7. The molecule has 188 valence electrons. The van der Waals surface area contributed by atoms with Gasteiger partial charge in [-0.25, -0.2) is 4.79 Å². The van der Waals surface area contributed by atoms with Crippen molar-refractivity contribution in [1.82, 2.24) is 0 Å². The number of carboxylic acid groups (broad SMARTS) is 1. The summed E-state index contributed by atoms with van der Waals surface area (Å²) in [6.07, 6.45) is 1.17. The maximum atomic E-state index is 12.3. The molecule has 1 aliphatic heterocycles. The third kappa shape index (κ3) is 6.04. The minimum absolute atomic E-state index is 0.0209. The topological polar surface area (TPSA) is 158 Å². The summed E-state index contributed by atoms with van der Waals surface area (Å²) in [5.74, 6) is -0.881. The summed E-state index contributed by atoms with van der Waals surface area (Å²) >= 11 is 5.40. The van der Waals surface area contributed by atoms with Crippen LogP contribution in [0.25, 0.3) is 43.9 Å². The zero-order valence-electron chi connectivity index (χ0n) is 19.5. The molecule has 1 heterocycles. The summed E-state index contributed by atoms with van der Waals surface area (Å²) in [6, 6.07) is 13.8. The number of thiocarbonyl (C=S) groups is 1. The Hall–Kier alpha value is -4.44. The Bertz CT molecular complexity index is 1560. The molecule has 0 amide bonds. The molecule has 0 fully saturated rings. The summed E-state index contributed by atoms with van der Waals surface area (Å²) in [7, 11) is 0. The van der Waals surface area contributed by atoms with Crippen molar-refractivity contribution in [2.75, 3.05) is 25.1 Å². The number of azide groups is 1. The Morgan fingerprint density at radius 3 is 2.70 bits per heavy atom. The highest BCUT2D eigenvalue weighted by molar-refractivity contribution is 7.80. The third-order valence-corrected chi connectivity index (χ3v) is 5.88. The van der Waals surface area contributed by atoms with Gasteiger partial charge in [-0.3, -0.25) is 4.79 Å². The number of fused-ring (bicyclic) bond motifs is 2. The van der Waals surface area contributed by atoms with Gasteiger partial charge in [0, 0.05) is 58.8 Å². The van der Waals surface area contributed by atoms with Gasteiger partial charge in [0.25, 0.3) is 0 Å². The number of phenols is 1. The summed E-state index contributed by atoms with van der Waals surface area (Å²) in [5, 5.41) is 27.1. The molecule has 0 spiro atoms. The molecule has 0 radical (unpaired) electrons. The molecule has 1 aliphatic carbocycles. The van der Waals surface area contributed by atoms with Gasteiger partial charge in [0.15, 0.2) is 5.43 Å². The van der Waals surface area contributed by atoms with Crippen LogP contribution in [0.3, 0.4) is 0 Å². The first-order valence-electron chi connectivity index (χ1n) is 11.3. The van der Waals surface area contributed by atoms with Crippen LogP contribution in [0, 0.1) is 0 Å². The summed E-state index contributed by atoms with van der Waals surface area (Å²) in [6.45, 7) is 1.05. The van der Waals surface area contributed by atoms with Gasteiger partial charge in [-0.2, -0.15) is 0 Å². The molecule has 2 aromatic carbocycles. The molecule has 0 aromatic heterocycles. The lowest BCUT2D eigenvalue weighted by Crippen LogP contribution is -2.11. The van der Waals surface area contributed by atoms with Gasteiger partial charge in [-0.15, -0.1) is 0 Å². The second kappa shape index (κ2) is 11.5. The molecular weight excluding hydrogens is 496 g/mol. The van der Waals surface area contributed by atoms with Crippen LogP contribution in [0.15, 0.2) is 68.9 Å². The fourth-order valence-corrected chi connectivity index (χ4v) is 4.24. The summed E-state index contributed by atoms with van der Waals surface area (Å²) in [4.78, 5) is 27.5. The van der Waals surface area contributed by atoms with E-state index in [0.29, 0.717) is 64.4 Å². The van der Waals surface area contributed by atoms with Crippen LogP contribution in [0.2, 0.25) is 0 Å². The van der Waals surface area contributed by atoms with Crippen LogP contribution in [-0.4, -0.2) is 40.9 Å². The first kappa shape index (κ1) is 25.6. The van der Waals surface area contributed by atoms with E-state index < -0.39 is 5.97 Å². The second-order valence-electron chi connectivity index (χ2n) is 8.10. The zero-order valence-corrected chi connectivity index (χ0v) is 20.3. The van der Waals surface area contributed by atoms with E-state index in [1.165, 1.54) is 30.3 Å². The first-order chi connectivity index (χ1) is 17.9. The number of hydrogen-bond donors (Lipinski definition) is 3. The maximum Gasteiger partial charge on any atom is 0.336 e. The third-order valence-electron chi connectivity index (χ3n) is 5.57. The average Bonchev–Trinajstić information content (AvgIpc) is 2.86. The lowest BCUT2D eigenvalue weighted by molar-refractivity contribution is 0.0697. The van der Waals surface area contributed by atoms with E-state index in [1.807, 2.05) is 0 Å². The van der Waals surface area contributed by atoms with Gasteiger partial charge in [0.2, 0.25) is 0 Å². The largest absolute Gasteiger partial charge is 0.508 e. The number of aromatic carboxylic acids is 1. The first-order valence-corrected chi connectivity index (χ1v) is 11.7.